The molecule has 1 aromatic heterocycles. The third-order valence-corrected chi connectivity index (χ3v) is 2.68. The summed E-state index contributed by atoms with van der Waals surface area (Å²) in [6, 6.07) is 5.85. The number of nitrogens with one attached hydrogen (secondary N) is 2. The van der Waals surface area contributed by atoms with Gasteiger partial charge in [0.1, 0.15) is 5.82 Å². The molecular formula is C10H6BrFN2OS. The molecule has 3 nitrogen and oxygen atoms in total. The van der Waals surface area contributed by atoms with Gasteiger partial charge in [0.2, 0.25) is 0 Å². The van der Waals surface area contributed by atoms with Crippen LogP contribution in [0.5, 0.6) is 0 Å². The van der Waals surface area contributed by atoms with Crippen molar-refractivity contribution < 1.29 is 4.39 Å². The van der Waals surface area contributed by atoms with Crippen LogP contribution in [0.1, 0.15) is 0 Å². The van der Waals surface area contributed by atoms with Gasteiger partial charge in [-0.05, 0) is 30.4 Å². The Kier molecular flexibility index (Phi) is 3.02. The van der Waals surface area contributed by atoms with Crippen molar-refractivity contribution in [1.29, 1.82) is 0 Å². The molecular weight excluding hydrogens is 295 g/mol. The van der Waals surface area contributed by atoms with Gasteiger partial charge < -0.3 is 4.98 Å². The molecule has 1 heterocycles. The van der Waals surface area contributed by atoms with Gasteiger partial charge in [0.05, 0.1) is 5.69 Å². The molecule has 0 atom stereocenters. The maximum atomic E-state index is 13.6. The third kappa shape index (κ3) is 2.28. The lowest BCUT2D eigenvalue weighted by Gasteiger charge is -2.03. The maximum absolute atomic E-state index is 13.6. The van der Waals surface area contributed by atoms with Crippen molar-refractivity contribution in [2.75, 3.05) is 0 Å². The van der Waals surface area contributed by atoms with Crippen LogP contribution in [0.15, 0.2) is 33.5 Å². The van der Waals surface area contributed by atoms with Gasteiger partial charge in [0.15, 0.2) is 4.77 Å². The second kappa shape index (κ2) is 4.31. The minimum Gasteiger partial charge on any atom is -0.332 e. The molecule has 2 N–H and O–H groups in total. The summed E-state index contributed by atoms with van der Waals surface area (Å²) in [5.74, 6) is -0.425. The van der Waals surface area contributed by atoms with Gasteiger partial charge in [0, 0.05) is 16.1 Å². The zero-order chi connectivity index (χ0) is 11.7. The zero-order valence-electron chi connectivity index (χ0n) is 7.88. The highest BCUT2D eigenvalue weighted by atomic mass is 79.9. The van der Waals surface area contributed by atoms with Crippen LogP contribution < -0.4 is 5.56 Å². The molecule has 16 heavy (non-hydrogen) atoms. The van der Waals surface area contributed by atoms with Crippen molar-refractivity contribution in [1.82, 2.24) is 9.97 Å². The average Bonchev–Trinajstić information content (AvgIpc) is 2.15. The van der Waals surface area contributed by atoms with Crippen LogP contribution in [-0.4, -0.2) is 9.97 Å². The summed E-state index contributed by atoms with van der Waals surface area (Å²) in [6.07, 6.45) is 0. The number of hydrogen-bond acceptors (Lipinski definition) is 2. The van der Waals surface area contributed by atoms with Crippen LogP contribution in [0.25, 0.3) is 11.3 Å². The summed E-state index contributed by atoms with van der Waals surface area (Å²) in [7, 11) is 0. The van der Waals surface area contributed by atoms with E-state index in [4.69, 9.17) is 12.2 Å². The molecule has 0 aliphatic carbocycles. The van der Waals surface area contributed by atoms with Crippen molar-refractivity contribution in [3.05, 3.63) is 49.7 Å². The van der Waals surface area contributed by atoms with Crippen molar-refractivity contribution in [3.8, 4) is 11.3 Å². The average molecular weight is 301 g/mol. The van der Waals surface area contributed by atoms with Gasteiger partial charge in [-0.3, -0.25) is 9.78 Å². The molecule has 0 saturated heterocycles. The SMILES string of the molecule is O=c1cc(-c2ccc(Br)cc2F)[nH]c(=S)[nH]1. The summed E-state index contributed by atoms with van der Waals surface area (Å²) in [6.45, 7) is 0. The molecule has 82 valence electrons. The van der Waals surface area contributed by atoms with Crippen molar-refractivity contribution in [2.45, 2.75) is 0 Å². The van der Waals surface area contributed by atoms with E-state index in [1.165, 1.54) is 12.1 Å². The first-order chi connectivity index (χ1) is 7.56. The van der Waals surface area contributed by atoms with Crippen LogP contribution in [-0.2, 0) is 0 Å². The second-order valence-corrected chi connectivity index (χ2v) is 4.45. The van der Waals surface area contributed by atoms with Gasteiger partial charge in [-0.2, -0.15) is 0 Å². The molecule has 2 rings (SSSR count). The molecule has 0 amide bonds. The molecule has 0 bridgehead atoms. The second-order valence-electron chi connectivity index (χ2n) is 3.13. The summed E-state index contributed by atoms with van der Waals surface area (Å²) in [4.78, 5) is 16.3. The van der Waals surface area contributed by atoms with E-state index >= 15 is 0 Å². The van der Waals surface area contributed by atoms with Gasteiger partial charge >= 0.3 is 0 Å². The normalized spacial score (nSPS) is 10.4. The van der Waals surface area contributed by atoms with E-state index in [2.05, 4.69) is 25.9 Å². The Morgan fingerprint density at radius 3 is 2.62 bits per heavy atom. The Labute approximate surface area is 103 Å². The Balaban J connectivity index is 2.67. The fourth-order valence-electron chi connectivity index (χ4n) is 1.32. The van der Waals surface area contributed by atoms with Crippen LogP contribution in [0.4, 0.5) is 4.39 Å². The van der Waals surface area contributed by atoms with Gasteiger partial charge in [-0.1, -0.05) is 15.9 Å². The highest BCUT2D eigenvalue weighted by molar-refractivity contribution is 9.10. The van der Waals surface area contributed by atoms with E-state index in [-0.39, 0.29) is 10.3 Å². The Morgan fingerprint density at radius 2 is 2.00 bits per heavy atom. The van der Waals surface area contributed by atoms with E-state index in [1.807, 2.05) is 0 Å². The molecule has 0 aliphatic rings. The zero-order valence-corrected chi connectivity index (χ0v) is 10.3. The van der Waals surface area contributed by atoms with E-state index in [1.54, 1.807) is 12.1 Å². The molecule has 0 unspecified atom stereocenters. The lowest BCUT2D eigenvalue weighted by Crippen LogP contribution is -2.06. The fraction of sp³-hybridized carbons (Fsp3) is 0. The number of halogens is 2. The summed E-state index contributed by atoms with van der Waals surface area (Å²) in [5.41, 5.74) is 0.306. The summed E-state index contributed by atoms with van der Waals surface area (Å²) < 4.78 is 14.4. The number of rotatable bonds is 1. The minimum atomic E-state index is -0.425. The van der Waals surface area contributed by atoms with Gasteiger partial charge in [-0.25, -0.2) is 4.39 Å². The number of aromatic nitrogens is 2. The molecule has 0 radical (unpaired) electrons. The van der Waals surface area contributed by atoms with E-state index in [0.29, 0.717) is 15.7 Å². The number of H-pyrrole nitrogens is 2. The first-order valence-electron chi connectivity index (χ1n) is 4.35. The van der Waals surface area contributed by atoms with E-state index in [9.17, 15) is 9.18 Å². The Hall–Kier alpha value is -1.27. The molecule has 0 fully saturated rings. The number of benzene rings is 1. The largest absolute Gasteiger partial charge is 0.332 e. The highest BCUT2D eigenvalue weighted by Gasteiger charge is 2.06. The standard InChI is InChI=1S/C10H6BrFN2OS/c11-5-1-2-6(7(12)3-5)8-4-9(15)14-10(16)13-8/h1-4H,(H2,13,14,15,16). The molecule has 0 spiro atoms. The van der Waals surface area contributed by atoms with Gasteiger partial charge in [0.25, 0.3) is 5.56 Å². The fourth-order valence-corrected chi connectivity index (χ4v) is 1.87. The van der Waals surface area contributed by atoms with Crippen molar-refractivity contribution >= 4 is 28.1 Å². The molecule has 0 saturated carbocycles. The predicted octanol–water partition coefficient (Wildman–Crippen LogP) is 3.00. The van der Waals surface area contributed by atoms with E-state index < -0.39 is 5.82 Å². The molecule has 1 aromatic carbocycles. The highest BCUT2D eigenvalue weighted by Crippen LogP contribution is 2.22. The lowest BCUT2D eigenvalue weighted by molar-refractivity contribution is 0.629. The van der Waals surface area contributed by atoms with E-state index in [0.717, 1.165) is 0 Å². The lowest BCUT2D eigenvalue weighted by atomic mass is 10.1. The topological polar surface area (TPSA) is 48.6 Å². The van der Waals surface area contributed by atoms with Crippen LogP contribution in [0, 0.1) is 10.6 Å². The number of aromatic amines is 2. The third-order valence-electron chi connectivity index (χ3n) is 1.98. The van der Waals surface area contributed by atoms with Crippen LogP contribution in [0.2, 0.25) is 0 Å². The molecule has 6 heteroatoms. The minimum absolute atomic E-state index is 0.171. The van der Waals surface area contributed by atoms with Crippen LogP contribution in [0.3, 0.4) is 0 Å². The first kappa shape index (κ1) is 11.2. The van der Waals surface area contributed by atoms with Crippen molar-refractivity contribution in [3.63, 3.8) is 0 Å². The predicted molar refractivity (Wildman–Crippen MR) is 65.3 cm³/mol. The molecule has 2 aromatic rings. The number of hydrogen-bond donors (Lipinski definition) is 2. The van der Waals surface area contributed by atoms with Gasteiger partial charge in [-0.15, -0.1) is 0 Å². The van der Waals surface area contributed by atoms with Crippen molar-refractivity contribution in [2.24, 2.45) is 0 Å². The monoisotopic (exact) mass is 300 g/mol. The summed E-state index contributed by atoms with van der Waals surface area (Å²) in [5, 5.41) is 0. The maximum Gasteiger partial charge on any atom is 0.252 e. The summed E-state index contributed by atoms with van der Waals surface area (Å²) >= 11 is 7.97. The first-order valence-corrected chi connectivity index (χ1v) is 5.55. The van der Waals surface area contributed by atoms with Crippen LogP contribution >= 0.6 is 28.1 Å². The Morgan fingerprint density at radius 1 is 1.25 bits per heavy atom. The smallest absolute Gasteiger partial charge is 0.252 e. The molecule has 0 aliphatic heterocycles. The Bertz CT molecular complexity index is 622. The quantitative estimate of drug-likeness (QED) is 0.796.